The van der Waals surface area contributed by atoms with Gasteiger partial charge in [-0.05, 0) is 31.0 Å². The quantitative estimate of drug-likeness (QED) is 0.492. The maximum Gasteiger partial charge on any atom is 0.269 e. The number of nitrogens with zero attached hydrogens (tertiary/aromatic N) is 4. The number of nitro benzene ring substituents is 1. The summed E-state index contributed by atoms with van der Waals surface area (Å²) in [5.74, 6) is 1.00. The van der Waals surface area contributed by atoms with Crippen molar-refractivity contribution in [3.05, 3.63) is 80.5 Å². The fourth-order valence-corrected chi connectivity index (χ4v) is 4.23. The normalized spacial score (nSPS) is 17.9. The molecule has 8 nitrogen and oxygen atoms in total. The van der Waals surface area contributed by atoms with Gasteiger partial charge < -0.3 is 5.32 Å². The molecule has 0 radical (unpaired) electrons. The summed E-state index contributed by atoms with van der Waals surface area (Å²) < 4.78 is 1.68. The minimum atomic E-state index is -0.475. The first-order chi connectivity index (χ1) is 14.5. The fourth-order valence-electron chi connectivity index (χ4n) is 4.00. The molecule has 3 aromatic rings. The van der Waals surface area contributed by atoms with Crippen molar-refractivity contribution in [2.75, 3.05) is 5.32 Å². The highest BCUT2D eigenvalue weighted by atomic mass is 35.5. The van der Waals surface area contributed by atoms with E-state index in [0.29, 0.717) is 34.4 Å². The van der Waals surface area contributed by atoms with Crippen molar-refractivity contribution in [2.45, 2.75) is 25.3 Å². The molecule has 1 N–H and O–H groups in total. The predicted molar refractivity (Wildman–Crippen MR) is 111 cm³/mol. The average molecular weight is 422 g/mol. The maximum atomic E-state index is 12.8. The maximum absolute atomic E-state index is 12.8. The van der Waals surface area contributed by atoms with Crippen LogP contribution < -0.4 is 5.32 Å². The van der Waals surface area contributed by atoms with Crippen molar-refractivity contribution in [3.63, 3.8) is 0 Å². The number of carbonyl (C=O) groups is 1. The van der Waals surface area contributed by atoms with Gasteiger partial charge in [-0.1, -0.05) is 29.8 Å². The van der Waals surface area contributed by atoms with E-state index in [1.165, 1.54) is 12.1 Å². The molecule has 2 aliphatic rings. The van der Waals surface area contributed by atoms with Gasteiger partial charge in [-0.2, -0.15) is 4.98 Å². The number of anilines is 1. The number of nitro groups is 1. The second-order valence-corrected chi connectivity index (χ2v) is 7.63. The van der Waals surface area contributed by atoms with E-state index in [9.17, 15) is 14.9 Å². The Morgan fingerprint density at radius 2 is 1.90 bits per heavy atom. The molecule has 1 aliphatic heterocycles. The van der Waals surface area contributed by atoms with Crippen LogP contribution in [-0.2, 0) is 4.79 Å². The van der Waals surface area contributed by atoms with E-state index in [2.05, 4.69) is 15.4 Å². The van der Waals surface area contributed by atoms with Crippen molar-refractivity contribution in [3.8, 4) is 11.4 Å². The minimum Gasteiger partial charge on any atom is -0.328 e. The molecule has 0 fully saturated rings. The van der Waals surface area contributed by atoms with Crippen LogP contribution in [0.4, 0.5) is 11.6 Å². The van der Waals surface area contributed by atoms with Crippen LogP contribution in [0.2, 0.25) is 5.02 Å². The van der Waals surface area contributed by atoms with Gasteiger partial charge >= 0.3 is 0 Å². The zero-order valence-corrected chi connectivity index (χ0v) is 16.5. The third kappa shape index (κ3) is 2.96. The molecular formula is C21H16ClN5O3. The summed E-state index contributed by atoms with van der Waals surface area (Å²) in [4.78, 5) is 27.9. The zero-order valence-electron chi connectivity index (χ0n) is 15.7. The van der Waals surface area contributed by atoms with Gasteiger partial charge in [0.25, 0.3) is 5.69 Å². The second kappa shape index (κ2) is 7.07. The van der Waals surface area contributed by atoms with Gasteiger partial charge in [0, 0.05) is 46.0 Å². The Hall–Kier alpha value is -3.52. The largest absolute Gasteiger partial charge is 0.328 e. The van der Waals surface area contributed by atoms with E-state index in [0.717, 1.165) is 24.1 Å². The Labute approximate surface area is 176 Å². The number of halogens is 1. The van der Waals surface area contributed by atoms with Crippen LogP contribution in [-0.4, -0.2) is 25.5 Å². The van der Waals surface area contributed by atoms with Crippen molar-refractivity contribution in [2.24, 2.45) is 0 Å². The Morgan fingerprint density at radius 3 is 2.63 bits per heavy atom. The summed E-state index contributed by atoms with van der Waals surface area (Å²) in [6.07, 6.45) is 2.02. The molecule has 0 amide bonds. The highest BCUT2D eigenvalue weighted by molar-refractivity contribution is 6.31. The molecule has 30 heavy (non-hydrogen) atoms. The van der Waals surface area contributed by atoms with Crippen LogP contribution in [0.15, 0.2) is 59.8 Å². The topological polar surface area (TPSA) is 103 Å². The number of carbonyl (C=O) groups excluding carboxylic acids is 1. The van der Waals surface area contributed by atoms with Crippen LogP contribution in [0.25, 0.3) is 11.4 Å². The van der Waals surface area contributed by atoms with Gasteiger partial charge in [-0.15, -0.1) is 5.10 Å². The van der Waals surface area contributed by atoms with E-state index in [1.54, 1.807) is 22.9 Å². The van der Waals surface area contributed by atoms with Crippen LogP contribution in [0.5, 0.6) is 0 Å². The molecule has 1 atom stereocenters. The van der Waals surface area contributed by atoms with Crippen molar-refractivity contribution in [1.82, 2.24) is 14.8 Å². The summed E-state index contributed by atoms with van der Waals surface area (Å²) in [7, 11) is 0. The number of fused-ring (bicyclic) bond motifs is 1. The summed E-state index contributed by atoms with van der Waals surface area (Å²) in [5, 5.41) is 19.4. The van der Waals surface area contributed by atoms with E-state index >= 15 is 0 Å². The van der Waals surface area contributed by atoms with Crippen molar-refractivity contribution in [1.29, 1.82) is 0 Å². The number of Topliss-reactive ketones (excluding diaryl/α,β-unsaturated/α-hetero) is 1. The fraction of sp³-hybridized carbons (Fsp3) is 0.190. The van der Waals surface area contributed by atoms with Gasteiger partial charge in [0.15, 0.2) is 11.6 Å². The Bertz CT molecular complexity index is 1220. The lowest BCUT2D eigenvalue weighted by molar-refractivity contribution is -0.384. The Kier molecular flexibility index (Phi) is 4.36. The monoisotopic (exact) mass is 421 g/mol. The Balaban J connectivity index is 1.65. The predicted octanol–water partition coefficient (Wildman–Crippen LogP) is 4.53. The third-order valence-corrected chi connectivity index (χ3v) is 5.75. The molecule has 1 aliphatic carbocycles. The number of hydrogen-bond acceptors (Lipinski definition) is 6. The van der Waals surface area contributed by atoms with Gasteiger partial charge in [0.1, 0.15) is 6.04 Å². The number of non-ortho nitro benzene ring substituents is 1. The van der Waals surface area contributed by atoms with E-state index in [4.69, 9.17) is 11.6 Å². The molecule has 1 aromatic heterocycles. The summed E-state index contributed by atoms with van der Waals surface area (Å²) in [6, 6.07) is 13.0. The number of benzene rings is 2. The van der Waals surface area contributed by atoms with Crippen LogP contribution in [0.1, 0.15) is 30.9 Å². The molecule has 0 spiro atoms. The first-order valence-electron chi connectivity index (χ1n) is 9.52. The molecule has 9 heteroatoms. The first-order valence-corrected chi connectivity index (χ1v) is 9.90. The summed E-state index contributed by atoms with van der Waals surface area (Å²) >= 11 is 6.49. The highest BCUT2D eigenvalue weighted by Gasteiger charge is 2.37. The van der Waals surface area contributed by atoms with Crippen molar-refractivity contribution < 1.29 is 9.72 Å². The van der Waals surface area contributed by atoms with E-state index in [1.807, 2.05) is 18.2 Å². The average Bonchev–Trinajstić information content (AvgIpc) is 3.17. The zero-order chi connectivity index (χ0) is 20.8. The molecular weight excluding hydrogens is 406 g/mol. The number of allylic oxidation sites excluding steroid dienone is 2. The molecule has 5 rings (SSSR count). The molecule has 1 unspecified atom stereocenters. The molecule has 0 saturated carbocycles. The number of rotatable bonds is 3. The van der Waals surface area contributed by atoms with E-state index < -0.39 is 11.0 Å². The second-order valence-electron chi connectivity index (χ2n) is 7.23. The smallest absolute Gasteiger partial charge is 0.269 e. The summed E-state index contributed by atoms with van der Waals surface area (Å²) in [5.41, 5.74) is 2.95. The number of nitrogens with one attached hydrogen (secondary N) is 1. The lowest BCUT2D eigenvalue weighted by Gasteiger charge is -2.32. The highest BCUT2D eigenvalue weighted by Crippen LogP contribution is 2.42. The SMILES string of the molecule is O=C1CCCC2=C1C(c1ccccc1Cl)n1nc(-c3ccc([N+](=O)[O-])cc3)nc1N2. The van der Waals surface area contributed by atoms with Gasteiger partial charge in [-0.25, -0.2) is 4.68 Å². The Morgan fingerprint density at radius 1 is 1.13 bits per heavy atom. The van der Waals surface area contributed by atoms with Gasteiger partial charge in [-0.3, -0.25) is 14.9 Å². The number of hydrogen-bond donors (Lipinski definition) is 1. The van der Waals surface area contributed by atoms with Crippen LogP contribution >= 0.6 is 11.6 Å². The van der Waals surface area contributed by atoms with E-state index in [-0.39, 0.29) is 11.5 Å². The molecule has 0 bridgehead atoms. The summed E-state index contributed by atoms with van der Waals surface area (Å²) in [6.45, 7) is 0. The lowest BCUT2D eigenvalue weighted by Crippen LogP contribution is -2.31. The molecule has 150 valence electrons. The van der Waals surface area contributed by atoms with Gasteiger partial charge in [0.2, 0.25) is 5.95 Å². The molecule has 0 saturated heterocycles. The number of ketones is 1. The molecule has 2 heterocycles. The van der Waals surface area contributed by atoms with Crippen LogP contribution in [0.3, 0.4) is 0 Å². The third-order valence-electron chi connectivity index (χ3n) is 5.40. The lowest BCUT2D eigenvalue weighted by atomic mass is 9.85. The number of aromatic nitrogens is 3. The minimum absolute atomic E-state index is 0.00230. The molecule has 2 aromatic carbocycles. The first kappa shape index (κ1) is 18.5. The van der Waals surface area contributed by atoms with Crippen molar-refractivity contribution >= 4 is 29.0 Å². The standard InChI is InChI=1S/C21H16ClN5O3/c22-15-5-2-1-4-14(15)19-18-16(6-3-7-17(18)28)23-21-24-20(25-26(19)21)12-8-10-13(11-9-12)27(29)30/h1-2,4-5,8-11,19H,3,6-7H2,(H,23,24,25). The van der Waals surface area contributed by atoms with Gasteiger partial charge in [0.05, 0.1) is 4.92 Å². The van der Waals surface area contributed by atoms with Crippen LogP contribution in [0, 0.1) is 10.1 Å².